The molecule has 0 saturated carbocycles. The van der Waals surface area contributed by atoms with E-state index in [0.29, 0.717) is 24.7 Å². The summed E-state index contributed by atoms with van der Waals surface area (Å²) in [5.74, 6) is 4.15. The van der Waals surface area contributed by atoms with Gasteiger partial charge in [-0.2, -0.15) is 17.2 Å². The molecule has 0 spiro atoms. The quantitative estimate of drug-likeness (QED) is 0.129. The van der Waals surface area contributed by atoms with E-state index in [0.717, 1.165) is 72.8 Å². The second-order valence-electron chi connectivity index (χ2n) is 11.1. The van der Waals surface area contributed by atoms with Crippen LogP contribution in [-0.2, 0) is 21.1 Å². The van der Waals surface area contributed by atoms with Crippen LogP contribution in [0.3, 0.4) is 0 Å². The Labute approximate surface area is 294 Å². The molecule has 7 rings (SSSR count). The Balaban J connectivity index is 0.00000401. The first-order valence-electron chi connectivity index (χ1n) is 15.6. The second-order valence-corrected chi connectivity index (χ2v) is 11.1. The van der Waals surface area contributed by atoms with E-state index < -0.39 is 0 Å². The fourth-order valence-electron chi connectivity index (χ4n) is 6.03. The van der Waals surface area contributed by atoms with Crippen molar-refractivity contribution in [1.82, 2.24) is 19.3 Å². The van der Waals surface area contributed by atoms with Gasteiger partial charge in [0.15, 0.2) is 0 Å². The van der Waals surface area contributed by atoms with Crippen LogP contribution in [0, 0.1) is 26.0 Å². The normalized spacial score (nSPS) is 11.0. The molecular formula is C39H34N4O4Pt. The van der Waals surface area contributed by atoms with Gasteiger partial charge in [-0.15, -0.1) is 35.7 Å². The van der Waals surface area contributed by atoms with Gasteiger partial charge in [-0.1, -0.05) is 23.7 Å². The summed E-state index contributed by atoms with van der Waals surface area (Å²) in [4.78, 5) is 4.64. The van der Waals surface area contributed by atoms with E-state index in [9.17, 15) is 0 Å². The Morgan fingerprint density at radius 3 is 2.29 bits per heavy atom. The SMILES string of the molecule is CCOc1c(C)cc(C)c(OCC)c1-c1cnn(-c2[c-]c(Oc3[c-]c4c(cc3)c3ccccc3n4-c3cc(OC)ccn3)ccc2)c1.[Pt+2]. The third kappa shape index (κ3) is 6.04. The second kappa shape index (κ2) is 14.0. The molecule has 244 valence electrons. The Bertz CT molecular complexity index is 2210. The van der Waals surface area contributed by atoms with E-state index in [1.165, 1.54) is 0 Å². The van der Waals surface area contributed by atoms with Crippen molar-refractivity contribution in [2.45, 2.75) is 27.7 Å². The third-order valence-electron chi connectivity index (χ3n) is 8.01. The molecule has 7 aromatic rings. The van der Waals surface area contributed by atoms with E-state index in [-0.39, 0.29) is 21.1 Å². The first kappa shape index (κ1) is 32.9. The molecular weight excluding hydrogens is 784 g/mol. The van der Waals surface area contributed by atoms with E-state index in [2.05, 4.69) is 64.9 Å². The Morgan fingerprint density at radius 2 is 1.54 bits per heavy atom. The summed E-state index contributed by atoms with van der Waals surface area (Å²) in [6.07, 6.45) is 5.53. The number of aryl methyl sites for hydroxylation is 2. The molecule has 0 amide bonds. The van der Waals surface area contributed by atoms with Crippen LogP contribution in [0.1, 0.15) is 25.0 Å². The van der Waals surface area contributed by atoms with Crippen molar-refractivity contribution in [3.63, 3.8) is 0 Å². The Kier molecular flexibility index (Phi) is 9.56. The van der Waals surface area contributed by atoms with Crippen LogP contribution in [0.15, 0.2) is 91.4 Å². The smallest absolute Gasteiger partial charge is 0.509 e. The molecule has 0 atom stereocenters. The van der Waals surface area contributed by atoms with Gasteiger partial charge >= 0.3 is 21.1 Å². The summed E-state index contributed by atoms with van der Waals surface area (Å²) >= 11 is 0. The number of nitrogens with zero attached hydrogens (tertiary/aromatic N) is 4. The summed E-state index contributed by atoms with van der Waals surface area (Å²) < 4.78 is 27.9. The third-order valence-corrected chi connectivity index (χ3v) is 8.01. The molecule has 0 aliphatic rings. The standard InChI is InChI=1S/C39H34N4O4.Pt/c1-6-45-38-25(3)19-26(4)39(46-7-2)37(38)27-23-41-42(24-27)28-11-10-12-30(20-28)47-31-15-16-33-32-13-8-9-14-34(32)43(35(33)21-31)36-22-29(44-5)17-18-40-36;/h8-19,22-24H,6-7H2,1-5H3;/q-2;+2. The summed E-state index contributed by atoms with van der Waals surface area (Å²) in [5.41, 5.74) is 6.48. The van der Waals surface area contributed by atoms with Crippen LogP contribution in [0.5, 0.6) is 28.7 Å². The van der Waals surface area contributed by atoms with Crippen LogP contribution < -0.4 is 18.9 Å². The minimum Gasteiger partial charge on any atom is -0.509 e. The van der Waals surface area contributed by atoms with Gasteiger partial charge in [0.2, 0.25) is 0 Å². The zero-order chi connectivity index (χ0) is 32.5. The molecule has 3 aromatic heterocycles. The predicted molar refractivity (Wildman–Crippen MR) is 184 cm³/mol. The number of aromatic nitrogens is 4. The average molecular weight is 818 g/mol. The number of methoxy groups -OCH3 is 1. The zero-order valence-electron chi connectivity index (χ0n) is 27.3. The van der Waals surface area contributed by atoms with E-state index in [1.54, 1.807) is 18.0 Å². The monoisotopic (exact) mass is 817 g/mol. The molecule has 0 saturated heterocycles. The number of fused-ring (bicyclic) bond motifs is 3. The van der Waals surface area contributed by atoms with Crippen LogP contribution in [-0.4, -0.2) is 39.7 Å². The molecule has 0 aliphatic heterocycles. The van der Waals surface area contributed by atoms with Crippen LogP contribution in [0.25, 0.3) is 44.4 Å². The fraction of sp³-hybridized carbons (Fsp3) is 0.179. The van der Waals surface area contributed by atoms with Gasteiger partial charge in [0.05, 0.1) is 32.1 Å². The number of rotatable bonds is 10. The molecule has 0 aliphatic carbocycles. The molecule has 8 nitrogen and oxygen atoms in total. The van der Waals surface area contributed by atoms with Crippen molar-refractivity contribution < 1.29 is 40.0 Å². The summed E-state index contributed by atoms with van der Waals surface area (Å²) in [5, 5.41) is 6.83. The molecule has 0 radical (unpaired) electrons. The summed E-state index contributed by atoms with van der Waals surface area (Å²) in [7, 11) is 1.65. The van der Waals surface area contributed by atoms with Gasteiger partial charge in [-0.05, 0) is 68.1 Å². The summed E-state index contributed by atoms with van der Waals surface area (Å²) in [6.45, 7) is 9.16. The number of ether oxygens (including phenoxy) is 4. The molecule has 0 bridgehead atoms. The minimum absolute atomic E-state index is 0. The van der Waals surface area contributed by atoms with Gasteiger partial charge < -0.3 is 23.5 Å². The molecule has 0 unspecified atom stereocenters. The van der Waals surface area contributed by atoms with Crippen molar-refractivity contribution in [3.05, 3.63) is 115 Å². The largest absolute Gasteiger partial charge is 2.00 e. The molecule has 9 heteroatoms. The van der Waals surface area contributed by atoms with E-state index in [1.807, 2.05) is 74.8 Å². The van der Waals surface area contributed by atoms with Crippen LogP contribution in [0.2, 0.25) is 0 Å². The van der Waals surface area contributed by atoms with Crippen molar-refractivity contribution in [2.24, 2.45) is 0 Å². The van der Waals surface area contributed by atoms with Crippen molar-refractivity contribution in [2.75, 3.05) is 20.3 Å². The maximum atomic E-state index is 6.35. The van der Waals surface area contributed by atoms with Gasteiger partial charge in [0.25, 0.3) is 0 Å². The number of hydrogen-bond acceptors (Lipinski definition) is 6. The fourth-order valence-corrected chi connectivity index (χ4v) is 6.03. The average Bonchev–Trinajstić information content (AvgIpc) is 3.70. The van der Waals surface area contributed by atoms with Crippen LogP contribution >= 0.6 is 0 Å². The molecule has 0 fully saturated rings. The molecule has 0 N–H and O–H groups in total. The predicted octanol–water partition coefficient (Wildman–Crippen LogP) is 8.84. The van der Waals surface area contributed by atoms with Gasteiger partial charge in [-0.25, -0.2) is 4.98 Å². The topological polar surface area (TPSA) is 72.6 Å². The van der Waals surface area contributed by atoms with Gasteiger partial charge in [-0.3, -0.25) is 4.68 Å². The maximum Gasteiger partial charge on any atom is 2.00 e. The Morgan fingerprint density at radius 1 is 0.792 bits per heavy atom. The molecule has 4 aromatic carbocycles. The number of para-hydroxylation sites is 1. The summed E-state index contributed by atoms with van der Waals surface area (Å²) in [6, 6.07) is 30.7. The first-order valence-corrected chi connectivity index (χ1v) is 15.6. The number of hydrogen-bond donors (Lipinski definition) is 0. The maximum absolute atomic E-state index is 6.35. The number of pyridine rings is 1. The Hall–Kier alpha value is -5.07. The van der Waals surface area contributed by atoms with Crippen molar-refractivity contribution in [1.29, 1.82) is 0 Å². The first-order chi connectivity index (χ1) is 23.0. The van der Waals surface area contributed by atoms with Crippen molar-refractivity contribution >= 4 is 21.8 Å². The molecule has 3 heterocycles. The van der Waals surface area contributed by atoms with Gasteiger partial charge in [0.1, 0.15) is 23.1 Å². The van der Waals surface area contributed by atoms with E-state index in [4.69, 9.17) is 18.9 Å². The molecule has 48 heavy (non-hydrogen) atoms. The number of benzene rings is 4. The van der Waals surface area contributed by atoms with Crippen LogP contribution in [0.4, 0.5) is 0 Å². The van der Waals surface area contributed by atoms with Gasteiger partial charge in [0, 0.05) is 41.0 Å². The van der Waals surface area contributed by atoms with E-state index >= 15 is 0 Å². The minimum atomic E-state index is 0. The zero-order valence-corrected chi connectivity index (χ0v) is 29.6. The van der Waals surface area contributed by atoms with Crippen molar-refractivity contribution in [3.8, 4) is 51.4 Å².